The van der Waals surface area contributed by atoms with Gasteiger partial charge >= 0.3 is 0 Å². The third kappa shape index (κ3) is 11.3. The Labute approximate surface area is 274 Å². The van der Waals surface area contributed by atoms with Gasteiger partial charge in [0, 0.05) is 11.1 Å². The van der Waals surface area contributed by atoms with E-state index in [0.717, 1.165) is 0 Å². The molecule has 0 radical (unpaired) electrons. The Morgan fingerprint density at radius 1 is 0.340 bits per heavy atom. The summed E-state index contributed by atoms with van der Waals surface area (Å²) in [6.45, 7) is 5.88. The highest BCUT2D eigenvalue weighted by Gasteiger charge is 2.17. The molecule has 47 heavy (non-hydrogen) atoms. The lowest BCUT2D eigenvalue weighted by atomic mass is 10.0. The summed E-state index contributed by atoms with van der Waals surface area (Å²) in [5.41, 5.74) is 0.850. The summed E-state index contributed by atoms with van der Waals surface area (Å²) < 4.78 is 63.5. The number of carbonyl (C=O) groups is 1. The summed E-state index contributed by atoms with van der Waals surface area (Å²) in [5.74, 6) is 2.94. The van der Waals surface area contributed by atoms with E-state index in [9.17, 15) is 4.79 Å². The second kappa shape index (κ2) is 19.6. The highest BCUT2D eigenvalue weighted by Crippen LogP contribution is 2.33. The summed E-state index contributed by atoms with van der Waals surface area (Å²) in [4.78, 5) is 13.7. The Bertz CT molecular complexity index is 1380. The van der Waals surface area contributed by atoms with Crippen molar-refractivity contribution in [3.05, 3.63) is 71.8 Å². The number of para-hydroxylation sites is 2. The van der Waals surface area contributed by atoms with Gasteiger partial charge in [-0.1, -0.05) is 12.1 Å². The summed E-state index contributed by atoms with van der Waals surface area (Å²) in [6.07, 6.45) is 0. The maximum Gasteiger partial charge on any atom is 0.193 e. The second-order valence-corrected chi connectivity index (χ2v) is 10.3. The molecule has 0 spiro atoms. The molecule has 2 aliphatic heterocycles. The van der Waals surface area contributed by atoms with Crippen LogP contribution in [0, 0.1) is 0 Å². The minimum atomic E-state index is -0.216. The molecule has 0 amide bonds. The first-order valence-electron chi connectivity index (χ1n) is 15.9. The van der Waals surface area contributed by atoms with E-state index in [2.05, 4.69) is 0 Å². The van der Waals surface area contributed by atoms with Gasteiger partial charge < -0.3 is 52.1 Å². The Balaban J connectivity index is 1.24. The van der Waals surface area contributed by atoms with Crippen molar-refractivity contribution in [3.8, 4) is 34.5 Å². The van der Waals surface area contributed by atoms with Crippen LogP contribution in [0.15, 0.2) is 60.7 Å². The summed E-state index contributed by atoms with van der Waals surface area (Å²) in [7, 11) is 0. The smallest absolute Gasteiger partial charge is 0.193 e. The van der Waals surface area contributed by atoms with Crippen LogP contribution in [0.2, 0.25) is 0 Å². The fourth-order valence-electron chi connectivity index (χ4n) is 4.63. The van der Waals surface area contributed by atoms with Gasteiger partial charge in [0.2, 0.25) is 0 Å². The predicted octanol–water partition coefficient (Wildman–Crippen LogP) is 4.00. The molecular weight excluding hydrogens is 612 g/mol. The van der Waals surface area contributed by atoms with Crippen LogP contribution in [0.25, 0.3) is 0 Å². The standard InChI is InChI=1S/C35H42O12/c36-35(27-5-7-31-33(25-27)46-23-17-39-12-10-37-9-11-38-13-21-44-31)28-6-8-32-34(26-28)47-24-18-41-15-20-43-30-4-2-1-3-29(30)42-19-14-40-16-22-45-32/h1-8,25-26H,9-24H2. The van der Waals surface area contributed by atoms with E-state index in [-0.39, 0.29) is 25.6 Å². The van der Waals surface area contributed by atoms with Gasteiger partial charge in [0.25, 0.3) is 0 Å². The van der Waals surface area contributed by atoms with Crippen molar-refractivity contribution in [1.29, 1.82) is 0 Å². The first-order valence-corrected chi connectivity index (χ1v) is 15.9. The lowest BCUT2D eigenvalue weighted by Crippen LogP contribution is -2.15. The Morgan fingerprint density at radius 2 is 0.617 bits per heavy atom. The molecular formula is C35H42O12. The minimum Gasteiger partial charge on any atom is -0.487 e. The highest BCUT2D eigenvalue weighted by atomic mass is 16.6. The summed E-state index contributed by atoms with van der Waals surface area (Å²) >= 11 is 0. The number of hydrogen-bond donors (Lipinski definition) is 0. The van der Waals surface area contributed by atoms with Gasteiger partial charge in [0.15, 0.2) is 40.3 Å². The molecule has 2 aliphatic rings. The maximum absolute atomic E-state index is 13.7. The zero-order chi connectivity index (χ0) is 32.4. The van der Waals surface area contributed by atoms with E-state index < -0.39 is 0 Å². The molecule has 0 saturated heterocycles. The molecule has 0 aromatic heterocycles. The molecule has 0 N–H and O–H groups in total. The Kier molecular flexibility index (Phi) is 14.3. The first kappa shape index (κ1) is 34.3. The van der Waals surface area contributed by atoms with E-state index in [4.69, 9.17) is 52.1 Å². The lowest BCUT2D eigenvalue weighted by molar-refractivity contribution is 0.00708. The molecule has 0 atom stereocenters. The Hall–Kier alpha value is -4.07. The monoisotopic (exact) mass is 654 g/mol. The number of rotatable bonds is 2. The fraction of sp³-hybridized carbons (Fsp3) is 0.457. The van der Waals surface area contributed by atoms with Gasteiger partial charge in [-0.3, -0.25) is 4.79 Å². The third-order valence-corrected chi connectivity index (χ3v) is 6.92. The average Bonchev–Trinajstić information content (AvgIpc) is 3.10. The van der Waals surface area contributed by atoms with Crippen molar-refractivity contribution in [2.24, 2.45) is 0 Å². The van der Waals surface area contributed by atoms with E-state index in [1.807, 2.05) is 24.3 Å². The molecule has 12 nitrogen and oxygen atoms in total. The van der Waals surface area contributed by atoms with Crippen LogP contribution in [-0.2, 0) is 23.7 Å². The van der Waals surface area contributed by atoms with E-state index in [0.29, 0.717) is 132 Å². The molecule has 0 bridgehead atoms. The van der Waals surface area contributed by atoms with Gasteiger partial charge in [-0.15, -0.1) is 0 Å². The molecule has 254 valence electrons. The highest BCUT2D eigenvalue weighted by molar-refractivity contribution is 6.09. The van der Waals surface area contributed by atoms with Gasteiger partial charge in [-0.05, 0) is 48.5 Å². The first-order chi connectivity index (χ1) is 23.3. The van der Waals surface area contributed by atoms with Crippen LogP contribution in [0.5, 0.6) is 34.5 Å². The molecule has 3 aromatic rings. The summed E-state index contributed by atoms with van der Waals surface area (Å²) in [6, 6.07) is 17.7. The van der Waals surface area contributed by atoms with Gasteiger partial charge in [0.05, 0.1) is 66.1 Å². The number of ether oxygens (including phenoxy) is 11. The fourth-order valence-corrected chi connectivity index (χ4v) is 4.63. The molecule has 3 aromatic carbocycles. The van der Waals surface area contributed by atoms with Crippen LogP contribution >= 0.6 is 0 Å². The van der Waals surface area contributed by atoms with E-state index in [1.165, 1.54) is 0 Å². The molecule has 5 rings (SSSR count). The number of fused-ring (bicyclic) bond motifs is 3. The number of hydrogen-bond acceptors (Lipinski definition) is 12. The summed E-state index contributed by atoms with van der Waals surface area (Å²) in [5, 5.41) is 0. The predicted molar refractivity (Wildman–Crippen MR) is 170 cm³/mol. The van der Waals surface area contributed by atoms with E-state index in [1.54, 1.807) is 36.4 Å². The largest absolute Gasteiger partial charge is 0.487 e. The SMILES string of the molecule is O=C(c1ccc2c(c1)OCCOCCOCCOCCO2)c1ccc2c(c1)OCCOCCOc1ccccc1OCCOCCO2. The van der Waals surface area contributed by atoms with Crippen molar-refractivity contribution >= 4 is 5.78 Å². The van der Waals surface area contributed by atoms with Crippen LogP contribution in [0.1, 0.15) is 15.9 Å². The molecule has 0 saturated carbocycles. The van der Waals surface area contributed by atoms with Crippen molar-refractivity contribution in [2.45, 2.75) is 0 Å². The maximum atomic E-state index is 13.7. The minimum absolute atomic E-state index is 0.216. The van der Waals surface area contributed by atoms with Crippen LogP contribution in [0.3, 0.4) is 0 Å². The quantitative estimate of drug-likeness (QED) is 0.372. The number of ketones is 1. The van der Waals surface area contributed by atoms with Crippen molar-refractivity contribution in [1.82, 2.24) is 0 Å². The zero-order valence-electron chi connectivity index (χ0n) is 26.5. The lowest BCUT2D eigenvalue weighted by Gasteiger charge is -2.16. The molecule has 0 fully saturated rings. The third-order valence-electron chi connectivity index (χ3n) is 6.92. The number of benzene rings is 3. The molecule has 12 heteroatoms. The van der Waals surface area contributed by atoms with Crippen molar-refractivity contribution in [3.63, 3.8) is 0 Å². The van der Waals surface area contributed by atoms with Gasteiger partial charge in [0.1, 0.15) is 39.6 Å². The van der Waals surface area contributed by atoms with Crippen molar-refractivity contribution in [2.75, 3.05) is 106 Å². The van der Waals surface area contributed by atoms with Crippen LogP contribution < -0.4 is 28.4 Å². The molecule has 0 unspecified atom stereocenters. The molecule has 2 heterocycles. The van der Waals surface area contributed by atoms with Crippen molar-refractivity contribution < 1.29 is 56.9 Å². The average molecular weight is 655 g/mol. The normalized spacial score (nSPS) is 18.0. The number of carbonyl (C=O) groups excluding carboxylic acids is 1. The van der Waals surface area contributed by atoms with Crippen LogP contribution in [-0.4, -0.2) is 111 Å². The van der Waals surface area contributed by atoms with Gasteiger partial charge in [-0.2, -0.15) is 0 Å². The topological polar surface area (TPSA) is 119 Å². The Morgan fingerprint density at radius 3 is 0.957 bits per heavy atom. The second-order valence-electron chi connectivity index (χ2n) is 10.3. The van der Waals surface area contributed by atoms with E-state index >= 15 is 0 Å². The van der Waals surface area contributed by atoms with Crippen LogP contribution in [0.4, 0.5) is 0 Å². The molecule has 0 aliphatic carbocycles. The van der Waals surface area contributed by atoms with Gasteiger partial charge in [-0.25, -0.2) is 0 Å². The zero-order valence-corrected chi connectivity index (χ0v) is 26.5.